The summed E-state index contributed by atoms with van der Waals surface area (Å²) in [6, 6.07) is 5.19. The van der Waals surface area contributed by atoms with Crippen LogP contribution >= 0.6 is 0 Å². The van der Waals surface area contributed by atoms with Crippen LogP contribution in [0.25, 0.3) is 0 Å². The molecule has 0 aromatic heterocycles. The van der Waals surface area contributed by atoms with Crippen LogP contribution < -0.4 is 11.1 Å². The van der Waals surface area contributed by atoms with E-state index in [4.69, 9.17) is 5.73 Å². The number of carbonyl (C=O) groups is 1. The van der Waals surface area contributed by atoms with Crippen LogP contribution in [0.4, 0.5) is 10.1 Å². The second-order valence-electron chi connectivity index (χ2n) is 9.27. The van der Waals surface area contributed by atoms with Gasteiger partial charge in [-0.2, -0.15) is 0 Å². The second-order valence-corrected chi connectivity index (χ2v) is 9.27. The molecule has 1 aliphatic heterocycles. The molecule has 1 heterocycles. The van der Waals surface area contributed by atoms with E-state index in [2.05, 4.69) is 10.3 Å². The first-order valence-corrected chi connectivity index (χ1v) is 9.92. The fourth-order valence-corrected chi connectivity index (χ4v) is 5.20. The molecule has 0 saturated heterocycles. The van der Waals surface area contributed by atoms with Gasteiger partial charge >= 0.3 is 0 Å². The summed E-state index contributed by atoms with van der Waals surface area (Å²) in [6.07, 6.45) is 2.60. The first-order valence-electron chi connectivity index (χ1n) is 9.92. The van der Waals surface area contributed by atoms with Gasteiger partial charge in [0.1, 0.15) is 11.4 Å². The number of benzene rings is 1. The minimum absolute atomic E-state index is 0.0895. The van der Waals surface area contributed by atoms with Crippen molar-refractivity contribution in [3.05, 3.63) is 29.6 Å². The molecule has 152 valence electrons. The van der Waals surface area contributed by atoms with Gasteiger partial charge in [-0.3, -0.25) is 9.69 Å². The molecule has 3 aliphatic rings. The molecule has 7 heteroatoms. The van der Waals surface area contributed by atoms with E-state index in [1.807, 2.05) is 0 Å². The molecule has 0 spiro atoms. The molecule has 2 aliphatic carbocycles. The van der Waals surface area contributed by atoms with Gasteiger partial charge in [0.15, 0.2) is 5.96 Å². The third-order valence-electron chi connectivity index (χ3n) is 7.40. The fraction of sp³-hybridized carbons (Fsp3) is 0.619. The predicted molar refractivity (Wildman–Crippen MR) is 106 cm³/mol. The molecule has 2 fully saturated rings. The SMILES string of the molecule is CN1C(=O)C(C)(C)[C@@](C)(c2cc(NC3CC4CC3CC4O)ccc2F)N=C1N. The van der Waals surface area contributed by atoms with E-state index in [1.54, 1.807) is 40.0 Å². The van der Waals surface area contributed by atoms with Gasteiger partial charge in [-0.25, -0.2) is 9.38 Å². The lowest BCUT2D eigenvalue weighted by molar-refractivity contribution is -0.140. The number of hydrogen-bond donors (Lipinski definition) is 3. The summed E-state index contributed by atoms with van der Waals surface area (Å²) in [7, 11) is 1.58. The number of guanidine groups is 1. The predicted octanol–water partition coefficient (Wildman–Crippen LogP) is 2.43. The lowest BCUT2D eigenvalue weighted by Gasteiger charge is -2.46. The van der Waals surface area contributed by atoms with Crippen molar-refractivity contribution in [2.24, 2.45) is 28.0 Å². The maximum Gasteiger partial charge on any atom is 0.237 e. The molecule has 28 heavy (non-hydrogen) atoms. The maximum absolute atomic E-state index is 14.9. The Morgan fingerprint density at radius 3 is 2.57 bits per heavy atom. The summed E-state index contributed by atoms with van der Waals surface area (Å²) < 4.78 is 14.9. The van der Waals surface area contributed by atoms with Gasteiger partial charge < -0.3 is 16.2 Å². The van der Waals surface area contributed by atoms with Crippen LogP contribution in [-0.2, 0) is 10.3 Å². The number of fused-ring (bicyclic) bond motifs is 2. The van der Waals surface area contributed by atoms with Crippen molar-refractivity contribution in [2.45, 2.75) is 57.7 Å². The van der Waals surface area contributed by atoms with Crippen LogP contribution in [0.3, 0.4) is 0 Å². The number of aliphatic hydroxyl groups excluding tert-OH is 1. The van der Waals surface area contributed by atoms with Gasteiger partial charge in [-0.1, -0.05) is 0 Å². The average molecular weight is 388 g/mol. The fourth-order valence-electron chi connectivity index (χ4n) is 5.20. The van der Waals surface area contributed by atoms with Gasteiger partial charge in [0.05, 0.1) is 11.5 Å². The average Bonchev–Trinajstić information content (AvgIpc) is 3.19. The summed E-state index contributed by atoms with van der Waals surface area (Å²) in [6.45, 7) is 5.32. The molecule has 4 rings (SSSR count). The monoisotopic (exact) mass is 388 g/mol. The van der Waals surface area contributed by atoms with E-state index in [9.17, 15) is 14.3 Å². The molecule has 0 radical (unpaired) electrons. The Bertz CT molecular complexity index is 853. The largest absolute Gasteiger partial charge is 0.393 e. The number of nitrogens with two attached hydrogens (primary N) is 1. The summed E-state index contributed by atoms with van der Waals surface area (Å²) in [5.41, 5.74) is 5.06. The lowest BCUT2D eigenvalue weighted by atomic mass is 9.67. The van der Waals surface area contributed by atoms with Crippen molar-refractivity contribution >= 4 is 17.6 Å². The van der Waals surface area contributed by atoms with Crippen molar-refractivity contribution in [3.63, 3.8) is 0 Å². The molecule has 2 saturated carbocycles. The molecule has 2 bridgehead atoms. The highest BCUT2D eigenvalue weighted by molar-refractivity contribution is 6.01. The Morgan fingerprint density at radius 2 is 1.96 bits per heavy atom. The molecule has 1 aromatic carbocycles. The zero-order valence-corrected chi connectivity index (χ0v) is 16.9. The van der Waals surface area contributed by atoms with Gasteiger partial charge in [-0.05, 0) is 70.1 Å². The zero-order chi connectivity index (χ0) is 20.4. The molecule has 4 unspecified atom stereocenters. The van der Waals surface area contributed by atoms with Crippen LogP contribution in [0.15, 0.2) is 23.2 Å². The quantitative estimate of drug-likeness (QED) is 0.742. The molecule has 6 nitrogen and oxygen atoms in total. The standard InChI is InChI=1S/C21H29FN4O2/c1-20(2)18(28)26(4)19(23)25-21(20,3)14-10-13(5-6-15(14)22)24-16-8-12-7-11(16)9-17(12)27/h5-6,10-12,16-17,24,27H,7-9H2,1-4H3,(H2,23,25)/t11?,12?,16?,17?,21-/m1/s1. The number of carbonyl (C=O) groups excluding carboxylic acids is 1. The van der Waals surface area contributed by atoms with Gasteiger partial charge in [0, 0.05) is 24.3 Å². The van der Waals surface area contributed by atoms with Crippen molar-refractivity contribution in [2.75, 3.05) is 12.4 Å². The summed E-state index contributed by atoms with van der Waals surface area (Å²) in [5.74, 6) is 0.293. The molecule has 4 N–H and O–H groups in total. The number of aliphatic imine (C=N–C) groups is 1. The van der Waals surface area contributed by atoms with Crippen LogP contribution in [-0.4, -0.2) is 41.1 Å². The Balaban J connectivity index is 1.68. The van der Waals surface area contributed by atoms with Crippen LogP contribution in [0.2, 0.25) is 0 Å². The first-order chi connectivity index (χ1) is 13.0. The lowest BCUT2D eigenvalue weighted by Crippen LogP contribution is -2.58. The number of nitrogens with one attached hydrogen (secondary N) is 1. The minimum Gasteiger partial charge on any atom is -0.393 e. The summed E-state index contributed by atoms with van der Waals surface area (Å²) in [4.78, 5) is 18.7. The number of hydrogen-bond acceptors (Lipinski definition) is 5. The van der Waals surface area contributed by atoms with Gasteiger partial charge in [0.25, 0.3) is 0 Å². The molecule has 5 atom stereocenters. The molecular weight excluding hydrogens is 359 g/mol. The zero-order valence-electron chi connectivity index (χ0n) is 16.9. The minimum atomic E-state index is -1.12. The van der Waals surface area contributed by atoms with E-state index >= 15 is 0 Å². The first kappa shape index (κ1) is 19.2. The van der Waals surface area contributed by atoms with Crippen molar-refractivity contribution in [1.29, 1.82) is 0 Å². The van der Waals surface area contributed by atoms with E-state index in [0.717, 1.165) is 24.9 Å². The maximum atomic E-state index is 14.9. The highest BCUT2D eigenvalue weighted by Gasteiger charge is 2.54. The number of anilines is 1. The molecule has 1 amide bonds. The highest BCUT2D eigenvalue weighted by atomic mass is 19.1. The van der Waals surface area contributed by atoms with Crippen LogP contribution in [0.1, 0.15) is 45.6 Å². The Morgan fingerprint density at radius 1 is 1.25 bits per heavy atom. The number of rotatable bonds is 3. The highest BCUT2D eigenvalue weighted by Crippen LogP contribution is 2.49. The molecular formula is C21H29FN4O2. The third kappa shape index (κ3) is 2.63. The van der Waals surface area contributed by atoms with E-state index in [0.29, 0.717) is 17.4 Å². The third-order valence-corrected chi connectivity index (χ3v) is 7.40. The van der Waals surface area contributed by atoms with Crippen molar-refractivity contribution < 1.29 is 14.3 Å². The van der Waals surface area contributed by atoms with E-state index < -0.39 is 16.8 Å². The van der Waals surface area contributed by atoms with E-state index in [1.165, 1.54) is 11.0 Å². The van der Waals surface area contributed by atoms with Crippen LogP contribution in [0.5, 0.6) is 0 Å². The molecule has 1 aromatic rings. The summed E-state index contributed by atoms with van der Waals surface area (Å²) >= 11 is 0. The number of halogens is 1. The van der Waals surface area contributed by atoms with Gasteiger partial charge in [0.2, 0.25) is 5.91 Å². The smallest absolute Gasteiger partial charge is 0.237 e. The van der Waals surface area contributed by atoms with E-state index in [-0.39, 0.29) is 24.0 Å². The van der Waals surface area contributed by atoms with Crippen molar-refractivity contribution in [3.8, 4) is 0 Å². The topological polar surface area (TPSA) is 91.0 Å². The van der Waals surface area contributed by atoms with Crippen molar-refractivity contribution in [1.82, 2.24) is 4.90 Å². The Hall–Kier alpha value is -2.15. The Labute approximate surface area is 165 Å². The van der Waals surface area contributed by atoms with Crippen LogP contribution in [0, 0.1) is 23.1 Å². The number of nitrogens with zero attached hydrogens (tertiary/aromatic N) is 2. The normalized spacial score (nSPS) is 36.6. The van der Waals surface area contributed by atoms with Gasteiger partial charge in [-0.15, -0.1) is 0 Å². The number of aliphatic hydroxyl groups is 1. The summed E-state index contributed by atoms with van der Waals surface area (Å²) in [5, 5.41) is 13.5. The number of amides is 1. The Kier molecular flexibility index (Phi) is 4.23. The second kappa shape index (κ2) is 6.17.